The molecule has 2 aromatic rings. The molecule has 0 fully saturated rings. The summed E-state index contributed by atoms with van der Waals surface area (Å²) in [5, 5.41) is 3.28. The lowest BCUT2D eigenvalue weighted by molar-refractivity contribution is -0.0498. The molecule has 27 heavy (non-hydrogen) atoms. The Kier molecular flexibility index (Phi) is 5.88. The summed E-state index contributed by atoms with van der Waals surface area (Å²) in [7, 11) is 0. The number of benzene rings is 2. The second kappa shape index (κ2) is 7.93. The molecule has 2 rings (SSSR count). The van der Waals surface area contributed by atoms with Crippen LogP contribution in [-0.2, 0) is 0 Å². The van der Waals surface area contributed by atoms with E-state index < -0.39 is 53.2 Å². The van der Waals surface area contributed by atoms with Crippen LogP contribution in [-0.4, -0.2) is 18.5 Å². The van der Waals surface area contributed by atoms with Crippen molar-refractivity contribution in [2.24, 2.45) is 0 Å². The van der Waals surface area contributed by atoms with Gasteiger partial charge in [0.15, 0.2) is 23.3 Å². The molecule has 0 spiro atoms. The zero-order chi connectivity index (χ0) is 20.3. The van der Waals surface area contributed by atoms with Crippen molar-refractivity contribution in [1.29, 1.82) is 0 Å². The zero-order valence-corrected chi connectivity index (χ0v) is 12.8. The Morgan fingerprint density at radius 2 is 1.44 bits per heavy atom. The van der Waals surface area contributed by atoms with E-state index in [-0.39, 0.29) is 11.4 Å². The van der Waals surface area contributed by atoms with Crippen LogP contribution in [0.25, 0.3) is 0 Å². The lowest BCUT2D eigenvalue weighted by Gasteiger charge is -2.10. The van der Waals surface area contributed by atoms with Crippen molar-refractivity contribution < 1.29 is 45.1 Å². The molecular formula is C15H7F7N2O3. The summed E-state index contributed by atoms with van der Waals surface area (Å²) in [6.07, 6.45) is 0. The van der Waals surface area contributed by atoms with E-state index in [9.17, 15) is 40.3 Å². The minimum absolute atomic E-state index is 0.170. The first-order chi connectivity index (χ1) is 12.6. The van der Waals surface area contributed by atoms with E-state index in [0.717, 1.165) is 12.1 Å². The van der Waals surface area contributed by atoms with Gasteiger partial charge < -0.3 is 10.1 Å². The van der Waals surface area contributed by atoms with Crippen LogP contribution in [0.5, 0.6) is 5.75 Å². The minimum atomic E-state index is -3.15. The van der Waals surface area contributed by atoms with Crippen LogP contribution in [0.15, 0.2) is 24.3 Å². The van der Waals surface area contributed by atoms with Gasteiger partial charge in [0.1, 0.15) is 11.3 Å². The van der Waals surface area contributed by atoms with Gasteiger partial charge in [-0.25, -0.2) is 26.7 Å². The highest BCUT2D eigenvalue weighted by atomic mass is 19.3. The van der Waals surface area contributed by atoms with Crippen molar-refractivity contribution in [2.75, 3.05) is 5.32 Å². The maximum atomic E-state index is 13.5. The molecule has 0 radical (unpaired) electrons. The third-order valence-corrected chi connectivity index (χ3v) is 2.98. The molecule has 3 amide bonds. The molecule has 0 heterocycles. The summed E-state index contributed by atoms with van der Waals surface area (Å²) < 4.78 is 94.4. The lowest BCUT2D eigenvalue weighted by Crippen LogP contribution is -2.36. The summed E-state index contributed by atoms with van der Waals surface area (Å²) in [4.78, 5) is 23.3. The number of hydrogen-bond donors (Lipinski definition) is 2. The summed E-state index contributed by atoms with van der Waals surface area (Å²) in [6, 6.07) is 2.99. The molecule has 0 aliphatic heterocycles. The van der Waals surface area contributed by atoms with Gasteiger partial charge in [0.25, 0.3) is 5.91 Å². The Labute approximate surface area is 145 Å². The molecule has 0 saturated carbocycles. The molecular weight excluding hydrogens is 389 g/mol. The molecule has 0 aromatic heterocycles. The quantitative estimate of drug-likeness (QED) is 0.467. The van der Waals surface area contributed by atoms with E-state index in [2.05, 4.69) is 4.74 Å². The molecule has 2 N–H and O–H groups in total. The molecule has 5 nitrogen and oxygen atoms in total. The van der Waals surface area contributed by atoms with Crippen molar-refractivity contribution in [1.82, 2.24) is 5.32 Å². The number of nitrogens with one attached hydrogen (secondary N) is 2. The maximum absolute atomic E-state index is 13.5. The first kappa shape index (κ1) is 20.0. The number of carbonyl (C=O) groups excluding carboxylic acids is 2. The predicted octanol–water partition coefficient (Wildman–Crippen LogP) is 3.95. The van der Waals surface area contributed by atoms with Crippen LogP contribution in [0.2, 0.25) is 0 Å². The number of anilines is 1. The van der Waals surface area contributed by atoms with Crippen LogP contribution in [0.4, 0.5) is 41.2 Å². The first-order valence-corrected chi connectivity index (χ1v) is 6.80. The number of rotatable bonds is 4. The van der Waals surface area contributed by atoms with Gasteiger partial charge in [-0.2, -0.15) is 8.78 Å². The van der Waals surface area contributed by atoms with E-state index in [1.165, 1.54) is 17.4 Å². The SMILES string of the molecule is O=C(NC(=O)c1c(F)c(F)c(F)c(F)c1F)Nc1cccc(OC(F)F)c1. The van der Waals surface area contributed by atoms with Crippen molar-refractivity contribution in [3.8, 4) is 5.75 Å². The second-order valence-electron chi connectivity index (χ2n) is 4.76. The van der Waals surface area contributed by atoms with Crippen LogP contribution >= 0.6 is 0 Å². The summed E-state index contributed by atoms with van der Waals surface area (Å²) in [5.74, 6) is -14.3. The molecule has 12 heteroatoms. The Hall–Kier alpha value is -3.31. The van der Waals surface area contributed by atoms with Crippen molar-refractivity contribution in [2.45, 2.75) is 6.61 Å². The van der Waals surface area contributed by atoms with E-state index in [1.807, 2.05) is 5.32 Å². The van der Waals surface area contributed by atoms with Crippen molar-refractivity contribution in [3.05, 3.63) is 58.9 Å². The summed E-state index contributed by atoms with van der Waals surface area (Å²) in [5.41, 5.74) is -2.04. The molecule has 0 saturated heterocycles. The maximum Gasteiger partial charge on any atom is 0.387 e. The van der Waals surface area contributed by atoms with E-state index in [1.54, 1.807) is 0 Å². The zero-order valence-electron chi connectivity index (χ0n) is 12.8. The second-order valence-corrected chi connectivity index (χ2v) is 4.76. The van der Waals surface area contributed by atoms with Crippen molar-refractivity contribution in [3.63, 3.8) is 0 Å². The standard InChI is InChI=1S/C15H7F7N2O3/c16-8-7(9(17)11(19)12(20)10(8)18)13(25)24-15(26)23-5-2-1-3-6(4-5)27-14(21)22/h1-4,14H,(H2,23,24,25,26). The van der Waals surface area contributed by atoms with E-state index >= 15 is 0 Å². The molecule has 0 bridgehead atoms. The monoisotopic (exact) mass is 396 g/mol. The smallest absolute Gasteiger partial charge is 0.387 e. The van der Waals surface area contributed by atoms with E-state index in [0.29, 0.717) is 0 Å². The number of halogens is 7. The summed E-state index contributed by atoms with van der Waals surface area (Å²) in [6.45, 7) is -3.15. The van der Waals surface area contributed by atoms with Crippen LogP contribution in [0.1, 0.15) is 10.4 Å². The Balaban J connectivity index is 2.17. The van der Waals surface area contributed by atoms with Gasteiger partial charge in [0.2, 0.25) is 5.82 Å². The molecule has 0 unspecified atom stereocenters. The van der Waals surface area contributed by atoms with Crippen molar-refractivity contribution >= 4 is 17.6 Å². The third kappa shape index (κ3) is 4.46. The fourth-order valence-corrected chi connectivity index (χ4v) is 1.88. The fraction of sp³-hybridized carbons (Fsp3) is 0.0667. The predicted molar refractivity (Wildman–Crippen MR) is 75.8 cm³/mol. The topological polar surface area (TPSA) is 67.4 Å². The fourth-order valence-electron chi connectivity index (χ4n) is 1.88. The Morgan fingerprint density at radius 3 is 2.00 bits per heavy atom. The third-order valence-electron chi connectivity index (χ3n) is 2.98. The molecule has 0 aliphatic rings. The number of hydrogen-bond acceptors (Lipinski definition) is 3. The molecule has 0 aliphatic carbocycles. The van der Waals surface area contributed by atoms with Gasteiger partial charge in [-0.3, -0.25) is 10.1 Å². The number of imide groups is 1. The van der Waals surface area contributed by atoms with E-state index in [4.69, 9.17) is 0 Å². The largest absolute Gasteiger partial charge is 0.435 e. The molecule has 0 atom stereocenters. The van der Waals surface area contributed by atoms with Gasteiger partial charge in [0.05, 0.1) is 0 Å². The van der Waals surface area contributed by atoms with Gasteiger partial charge >= 0.3 is 12.6 Å². The Bertz CT molecular complexity index is 876. The van der Waals surface area contributed by atoms with Gasteiger partial charge in [0, 0.05) is 11.8 Å². The lowest BCUT2D eigenvalue weighted by atomic mass is 10.1. The number of urea groups is 1. The highest BCUT2D eigenvalue weighted by Crippen LogP contribution is 2.23. The van der Waals surface area contributed by atoms with Crippen LogP contribution in [0.3, 0.4) is 0 Å². The van der Waals surface area contributed by atoms with Gasteiger partial charge in [-0.1, -0.05) is 6.07 Å². The minimum Gasteiger partial charge on any atom is -0.435 e. The normalized spacial score (nSPS) is 10.7. The average Bonchev–Trinajstić information content (AvgIpc) is 2.58. The van der Waals surface area contributed by atoms with Gasteiger partial charge in [-0.15, -0.1) is 0 Å². The highest BCUT2D eigenvalue weighted by Gasteiger charge is 2.30. The number of alkyl halides is 2. The molecule has 2 aromatic carbocycles. The van der Waals surface area contributed by atoms with Crippen LogP contribution in [0, 0.1) is 29.1 Å². The average molecular weight is 396 g/mol. The number of carbonyl (C=O) groups is 2. The number of amides is 3. The first-order valence-electron chi connectivity index (χ1n) is 6.80. The molecule has 144 valence electrons. The van der Waals surface area contributed by atoms with Gasteiger partial charge in [-0.05, 0) is 12.1 Å². The highest BCUT2D eigenvalue weighted by molar-refractivity contribution is 6.08. The Morgan fingerprint density at radius 1 is 0.889 bits per heavy atom. The van der Waals surface area contributed by atoms with Crippen LogP contribution < -0.4 is 15.4 Å². The number of ether oxygens (including phenoxy) is 1. The summed E-state index contributed by atoms with van der Waals surface area (Å²) >= 11 is 0.